The van der Waals surface area contributed by atoms with Crippen LogP contribution in [0.15, 0.2) is 67.9 Å². The highest BCUT2D eigenvalue weighted by Crippen LogP contribution is 2.21. The van der Waals surface area contributed by atoms with E-state index in [4.69, 9.17) is 11.5 Å². The molecule has 1 aliphatic heterocycles. The number of carbonyl (C=O) groups is 10. The van der Waals surface area contributed by atoms with Crippen molar-refractivity contribution in [1.82, 2.24) is 77.3 Å². The fraction of sp³-hybridized carbons (Fsp3) is 0.590. The van der Waals surface area contributed by atoms with E-state index in [2.05, 4.69) is 72.4 Å². The van der Waals surface area contributed by atoms with Crippen molar-refractivity contribution in [2.75, 3.05) is 13.1 Å². The Morgan fingerprint density at radius 2 is 1.08 bits per heavy atom. The van der Waals surface area contributed by atoms with Gasteiger partial charge in [0.15, 0.2) is 0 Å². The first kappa shape index (κ1) is 71.2. The Labute approximate surface area is 519 Å². The highest BCUT2D eigenvalue weighted by molar-refractivity contribution is 5.99. The molecule has 0 saturated carbocycles. The summed E-state index contributed by atoms with van der Waals surface area (Å²) in [5.41, 5.74) is 13.7. The molecule has 89 heavy (non-hydrogen) atoms. The van der Waals surface area contributed by atoms with E-state index in [9.17, 15) is 53.1 Å². The zero-order valence-corrected chi connectivity index (χ0v) is 52.1. The lowest BCUT2D eigenvalue weighted by Crippen LogP contribution is -2.62. The van der Waals surface area contributed by atoms with Gasteiger partial charge in [0.1, 0.15) is 54.4 Å². The number of carboxylic acids is 1. The second-order valence-electron chi connectivity index (χ2n) is 23.6. The lowest BCUT2D eigenvalue weighted by molar-refractivity contribution is -0.142. The van der Waals surface area contributed by atoms with Gasteiger partial charge >= 0.3 is 5.97 Å². The van der Waals surface area contributed by atoms with Crippen LogP contribution in [0, 0.1) is 17.8 Å². The molecule has 0 unspecified atom stereocenters. The number of benzene rings is 1. The summed E-state index contributed by atoms with van der Waals surface area (Å²) in [5, 5.41) is 32.0. The van der Waals surface area contributed by atoms with Crippen molar-refractivity contribution in [3.63, 3.8) is 0 Å². The van der Waals surface area contributed by atoms with Crippen molar-refractivity contribution in [2.45, 2.75) is 199 Å². The monoisotopic (exact) mass is 1240 g/mol. The number of likely N-dealkylation sites (tertiary alicyclic amines) is 1. The summed E-state index contributed by atoms with van der Waals surface area (Å²) >= 11 is 0. The molecule has 9 amide bonds. The number of nitrogens with one attached hydrogen (secondary N) is 11. The fourth-order valence-electron chi connectivity index (χ4n) is 10.4. The van der Waals surface area contributed by atoms with Gasteiger partial charge in [-0.05, 0) is 74.8 Å². The third-order valence-electron chi connectivity index (χ3n) is 15.7. The minimum Gasteiger partial charge on any atom is -0.480 e. The third-order valence-corrected chi connectivity index (χ3v) is 15.7. The van der Waals surface area contributed by atoms with E-state index in [1.807, 2.05) is 20.8 Å². The Hall–Kier alpha value is -8.53. The molecule has 488 valence electrons. The van der Waals surface area contributed by atoms with E-state index in [1.165, 1.54) is 36.3 Å². The Balaban J connectivity index is 1.35. The van der Waals surface area contributed by atoms with E-state index < -0.39 is 131 Å². The van der Waals surface area contributed by atoms with Crippen LogP contribution >= 0.6 is 0 Å². The summed E-state index contributed by atoms with van der Waals surface area (Å²) in [6.07, 6.45) is 12.7. The third kappa shape index (κ3) is 22.5. The van der Waals surface area contributed by atoms with E-state index in [0.717, 1.165) is 6.42 Å². The predicted octanol–water partition coefficient (Wildman–Crippen LogP) is 0.475. The van der Waals surface area contributed by atoms with Gasteiger partial charge in [-0.15, -0.1) is 0 Å². The van der Waals surface area contributed by atoms with Crippen molar-refractivity contribution in [3.05, 3.63) is 90.5 Å². The van der Waals surface area contributed by atoms with Gasteiger partial charge in [-0.3, -0.25) is 43.2 Å². The van der Waals surface area contributed by atoms with E-state index in [-0.39, 0.29) is 57.4 Å². The molecule has 0 bridgehead atoms. The molecule has 3 aromatic heterocycles. The highest BCUT2D eigenvalue weighted by atomic mass is 16.4. The summed E-state index contributed by atoms with van der Waals surface area (Å²) in [5.74, 6) is -8.85. The van der Waals surface area contributed by atoms with E-state index >= 15 is 0 Å². The summed E-state index contributed by atoms with van der Waals surface area (Å²) in [6.45, 7) is 13.0. The number of H-pyrrole nitrogens is 3. The first-order valence-electron chi connectivity index (χ1n) is 30.9. The minimum absolute atomic E-state index is 0.0148. The molecule has 0 aliphatic carbocycles. The number of aromatic amines is 3. The molecule has 4 heterocycles. The molecule has 1 aliphatic rings. The molecule has 28 heteroatoms. The SMILES string of the molecule is CCCC[C@H](N)C(=O)N[C@@H](Cc1c[nH]cn1)C(=O)N1CCC[C@H]1C(=O)N[C@@H](Cc1ccccc1)C(=O)N[C@@H](Cc1c[nH]cn1)C(=O)N[C@@H](CC(C)C)C(=O)N[C@H](C(=O)N[C@H](C(=O)N[C@@H](Cc1c[nH]cn1)C(=O)N[C@@H](CCCCN)C(=O)O)[C@@H](C)CC)C(C)C. The number of hydrogen-bond acceptors (Lipinski definition) is 15. The molecule has 0 radical (unpaired) electrons. The van der Waals surface area contributed by atoms with Gasteiger partial charge in [0.25, 0.3) is 0 Å². The lowest BCUT2D eigenvalue weighted by Gasteiger charge is -2.31. The van der Waals surface area contributed by atoms with Crippen molar-refractivity contribution >= 4 is 59.1 Å². The van der Waals surface area contributed by atoms with Gasteiger partial charge in [-0.2, -0.15) is 0 Å². The van der Waals surface area contributed by atoms with Crippen molar-refractivity contribution in [1.29, 1.82) is 0 Å². The van der Waals surface area contributed by atoms with Crippen LogP contribution < -0.4 is 54.0 Å². The number of nitrogens with zero attached hydrogens (tertiary/aromatic N) is 4. The number of unbranched alkanes of at least 4 members (excludes halogenated alkanes) is 2. The molecule has 28 nitrogen and oxygen atoms in total. The second-order valence-corrected chi connectivity index (χ2v) is 23.6. The van der Waals surface area contributed by atoms with Crippen LogP contribution in [0.5, 0.6) is 0 Å². The number of carboxylic acid groups (broad SMARTS) is 1. The van der Waals surface area contributed by atoms with Crippen molar-refractivity contribution < 1.29 is 53.1 Å². The van der Waals surface area contributed by atoms with Crippen molar-refractivity contribution in [2.24, 2.45) is 29.2 Å². The summed E-state index contributed by atoms with van der Waals surface area (Å²) in [7, 11) is 0. The number of nitrogens with two attached hydrogens (primary N) is 2. The number of aliphatic carboxylic acids is 1. The van der Waals surface area contributed by atoms with Gasteiger partial charge in [0.2, 0.25) is 53.2 Å². The first-order valence-corrected chi connectivity index (χ1v) is 30.9. The van der Waals surface area contributed by atoms with Crippen LogP contribution in [0.4, 0.5) is 0 Å². The quantitative estimate of drug-likeness (QED) is 0.0271. The minimum atomic E-state index is -1.40. The maximum atomic E-state index is 14.8. The molecule has 1 aromatic carbocycles. The van der Waals surface area contributed by atoms with Gasteiger partial charge in [-0.1, -0.05) is 98.1 Å². The normalized spacial score (nSPS) is 16.5. The summed E-state index contributed by atoms with van der Waals surface area (Å²) in [6, 6.07) is -3.27. The van der Waals surface area contributed by atoms with E-state index in [0.29, 0.717) is 67.7 Å². The average Bonchev–Trinajstić information content (AvgIpc) is 2.24. The smallest absolute Gasteiger partial charge is 0.326 e. The van der Waals surface area contributed by atoms with Crippen LogP contribution in [0.3, 0.4) is 0 Å². The van der Waals surface area contributed by atoms with Gasteiger partial charge in [-0.25, -0.2) is 19.7 Å². The molecule has 1 fully saturated rings. The summed E-state index contributed by atoms with van der Waals surface area (Å²) < 4.78 is 0. The number of imidazole rings is 3. The topological polar surface area (TPSA) is 428 Å². The molecule has 11 atom stereocenters. The number of amides is 9. The molecule has 0 spiro atoms. The fourth-order valence-corrected chi connectivity index (χ4v) is 10.4. The standard InChI is InChI=1S/C61H93N17O11/c1-8-10-19-42(63)52(79)75-48(28-41-31-66-34-69-41)60(87)78-23-16-21-49(78)57(84)73-45(25-38-17-12-11-13-18-38)53(80)72-46(26-39-29-64-32-67-39)55(82)71-44(24-35(3)4)56(83)76-50(36(5)6)58(85)77-51(37(7)9-2)59(86)74-47(27-40-30-65-33-68-40)54(81)70-43(61(88)89)20-14-15-22-62/h11-13,17-18,29-37,42-51H,8-10,14-16,19-28,62-63H2,1-7H3,(H,64,67)(H,65,68)(H,66,69)(H,70,81)(H,71,82)(H,72,80)(H,73,84)(H,74,86)(H,75,79)(H,76,83)(H,77,85)(H,88,89)/t37-,42-,43-,44-,45-,46-,47-,48-,49-,50-,51-/m0/s1. The number of hydrogen-bond donors (Lipinski definition) is 14. The molecule has 4 aromatic rings. The van der Waals surface area contributed by atoms with Crippen LogP contribution in [0.2, 0.25) is 0 Å². The zero-order valence-electron chi connectivity index (χ0n) is 52.1. The zero-order chi connectivity index (χ0) is 65.2. The Kier molecular flexibility index (Phi) is 28.9. The van der Waals surface area contributed by atoms with Gasteiger partial charge in [0.05, 0.1) is 42.1 Å². The van der Waals surface area contributed by atoms with E-state index in [1.54, 1.807) is 64.2 Å². The molecule has 16 N–H and O–H groups in total. The first-order chi connectivity index (χ1) is 42.5. The largest absolute Gasteiger partial charge is 0.480 e. The second kappa shape index (κ2) is 36.1. The van der Waals surface area contributed by atoms with Crippen LogP contribution in [-0.2, 0) is 73.6 Å². The average molecular weight is 1240 g/mol. The lowest BCUT2D eigenvalue weighted by atomic mass is 9.95. The maximum Gasteiger partial charge on any atom is 0.326 e. The van der Waals surface area contributed by atoms with Crippen LogP contribution in [0.1, 0.15) is 135 Å². The number of carbonyl (C=O) groups excluding carboxylic acids is 9. The Bertz CT molecular complexity index is 2890. The van der Waals surface area contributed by atoms with Crippen LogP contribution in [0.25, 0.3) is 0 Å². The molecular weight excluding hydrogens is 1150 g/mol. The van der Waals surface area contributed by atoms with Gasteiger partial charge < -0.3 is 79.0 Å². The number of rotatable bonds is 38. The van der Waals surface area contributed by atoms with Crippen molar-refractivity contribution in [3.8, 4) is 0 Å². The van der Waals surface area contributed by atoms with Crippen LogP contribution in [-0.4, -0.2) is 173 Å². The molecular formula is C61H93N17O11. The molecule has 1 saturated heterocycles. The Morgan fingerprint density at radius 3 is 1.58 bits per heavy atom. The summed E-state index contributed by atoms with van der Waals surface area (Å²) in [4.78, 5) is 164. The van der Waals surface area contributed by atoms with Gasteiger partial charge in [0, 0.05) is 50.8 Å². The number of aromatic nitrogens is 6. The predicted molar refractivity (Wildman–Crippen MR) is 329 cm³/mol. The Morgan fingerprint density at radius 1 is 0.584 bits per heavy atom. The maximum absolute atomic E-state index is 14.8. The highest BCUT2D eigenvalue weighted by Gasteiger charge is 2.41. The molecule has 5 rings (SSSR count).